The normalized spacial score (nSPS) is 11.2. The number of nitrogens with zero attached hydrogens (tertiary/aromatic N) is 2. The first-order valence-electron chi connectivity index (χ1n) is 5.70. The molecule has 1 rings (SSSR count). The van der Waals surface area contributed by atoms with Crippen LogP contribution in [0.2, 0.25) is 0 Å². The molecule has 0 amide bonds. The number of anilines is 1. The summed E-state index contributed by atoms with van der Waals surface area (Å²) in [5, 5.41) is 0. The molecule has 8 nitrogen and oxygen atoms in total. The van der Waals surface area contributed by atoms with Crippen molar-refractivity contribution in [2.24, 2.45) is 0 Å². The summed E-state index contributed by atoms with van der Waals surface area (Å²) >= 11 is 0. The number of carbonyl (C=O) groups excluding carboxylic acids is 1. The Labute approximate surface area is 117 Å². The van der Waals surface area contributed by atoms with Crippen molar-refractivity contribution in [2.75, 3.05) is 32.5 Å². The van der Waals surface area contributed by atoms with Gasteiger partial charge in [0.1, 0.15) is 5.69 Å². The van der Waals surface area contributed by atoms with Gasteiger partial charge in [-0.1, -0.05) is 0 Å². The van der Waals surface area contributed by atoms with Gasteiger partial charge < -0.3 is 9.47 Å². The van der Waals surface area contributed by atoms with Crippen molar-refractivity contribution in [1.82, 2.24) is 9.29 Å². The maximum atomic E-state index is 12.0. The van der Waals surface area contributed by atoms with Crippen LogP contribution in [0.5, 0.6) is 5.88 Å². The third-order valence-corrected chi connectivity index (χ3v) is 3.95. The molecule has 1 heterocycles. The van der Waals surface area contributed by atoms with E-state index in [1.807, 2.05) is 0 Å². The van der Waals surface area contributed by atoms with Gasteiger partial charge in [-0.05, 0) is 12.1 Å². The van der Waals surface area contributed by atoms with Gasteiger partial charge in [-0.25, -0.2) is 4.98 Å². The van der Waals surface area contributed by atoms with Crippen LogP contribution in [-0.2, 0) is 19.7 Å². The molecule has 0 aliphatic heterocycles. The average Bonchev–Trinajstić information content (AvgIpc) is 2.44. The molecule has 0 bridgehead atoms. The first-order chi connectivity index (χ1) is 9.40. The number of methoxy groups -OCH3 is 2. The smallest absolute Gasteiger partial charge is 0.306 e. The molecule has 112 valence electrons. The van der Waals surface area contributed by atoms with Crippen LogP contribution in [0.4, 0.5) is 5.69 Å². The van der Waals surface area contributed by atoms with Crippen LogP contribution in [-0.4, -0.2) is 51.5 Å². The molecule has 9 heteroatoms. The van der Waals surface area contributed by atoms with Crippen molar-refractivity contribution in [2.45, 2.75) is 6.42 Å². The Morgan fingerprint density at radius 2 is 2.15 bits per heavy atom. The summed E-state index contributed by atoms with van der Waals surface area (Å²) in [6.45, 7) is 0.00455. The SMILES string of the molecule is COC(=O)CCN(C)S(=O)(=O)Nc1cccnc1OC. The summed E-state index contributed by atoms with van der Waals surface area (Å²) in [5.41, 5.74) is 0.222. The van der Waals surface area contributed by atoms with E-state index in [2.05, 4.69) is 14.4 Å². The predicted molar refractivity (Wildman–Crippen MR) is 72.6 cm³/mol. The van der Waals surface area contributed by atoms with Gasteiger partial charge in [0.2, 0.25) is 5.88 Å². The van der Waals surface area contributed by atoms with E-state index in [1.54, 1.807) is 6.07 Å². The second kappa shape index (κ2) is 7.06. The molecule has 0 atom stereocenters. The molecule has 0 aliphatic carbocycles. The minimum absolute atomic E-state index is 0.00455. The molecular weight excluding hydrogens is 286 g/mol. The first-order valence-corrected chi connectivity index (χ1v) is 7.14. The molecule has 0 spiro atoms. The molecule has 0 aromatic carbocycles. The molecule has 0 fully saturated rings. The fraction of sp³-hybridized carbons (Fsp3) is 0.455. The lowest BCUT2D eigenvalue weighted by Gasteiger charge is -2.18. The zero-order valence-electron chi connectivity index (χ0n) is 11.5. The van der Waals surface area contributed by atoms with Gasteiger partial charge in [0.25, 0.3) is 0 Å². The first kappa shape index (κ1) is 16.2. The molecule has 1 N–H and O–H groups in total. The van der Waals surface area contributed by atoms with Crippen LogP contribution in [0.15, 0.2) is 18.3 Å². The highest BCUT2D eigenvalue weighted by molar-refractivity contribution is 7.90. The zero-order chi connectivity index (χ0) is 15.2. The molecule has 0 saturated heterocycles. The summed E-state index contributed by atoms with van der Waals surface area (Å²) in [4.78, 5) is 14.9. The van der Waals surface area contributed by atoms with E-state index in [4.69, 9.17) is 4.74 Å². The molecular formula is C11H17N3O5S. The average molecular weight is 303 g/mol. The van der Waals surface area contributed by atoms with Crippen LogP contribution < -0.4 is 9.46 Å². The number of carbonyl (C=O) groups is 1. The van der Waals surface area contributed by atoms with Crippen molar-refractivity contribution >= 4 is 21.9 Å². The summed E-state index contributed by atoms with van der Waals surface area (Å²) < 4.78 is 36.9. The number of pyridine rings is 1. The summed E-state index contributed by atoms with van der Waals surface area (Å²) in [6, 6.07) is 3.10. The Hall–Kier alpha value is -1.87. The van der Waals surface area contributed by atoms with Crippen molar-refractivity contribution in [3.8, 4) is 5.88 Å². The summed E-state index contributed by atoms with van der Waals surface area (Å²) in [7, 11) is 0.197. The van der Waals surface area contributed by atoms with E-state index in [1.165, 1.54) is 33.5 Å². The standard InChI is InChI=1S/C11H17N3O5S/c1-14(8-6-10(15)18-2)20(16,17)13-9-5-4-7-12-11(9)19-3/h4-5,7,13H,6,8H2,1-3H3. The van der Waals surface area contributed by atoms with Crippen LogP contribution in [0.25, 0.3) is 0 Å². The zero-order valence-corrected chi connectivity index (χ0v) is 12.3. The quantitative estimate of drug-likeness (QED) is 0.725. The molecule has 1 aromatic heterocycles. The number of aromatic nitrogens is 1. The highest BCUT2D eigenvalue weighted by Gasteiger charge is 2.20. The Morgan fingerprint density at radius 3 is 2.75 bits per heavy atom. The van der Waals surface area contributed by atoms with E-state index in [0.717, 1.165) is 4.31 Å². The Kier molecular flexibility index (Phi) is 5.71. The van der Waals surface area contributed by atoms with Gasteiger partial charge in [-0.15, -0.1) is 0 Å². The van der Waals surface area contributed by atoms with E-state index in [9.17, 15) is 13.2 Å². The fourth-order valence-electron chi connectivity index (χ4n) is 1.32. The molecule has 20 heavy (non-hydrogen) atoms. The molecule has 0 unspecified atom stereocenters. The van der Waals surface area contributed by atoms with Gasteiger partial charge in [0.15, 0.2) is 0 Å². The van der Waals surface area contributed by atoms with E-state index in [0.29, 0.717) is 0 Å². The lowest BCUT2D eigenvalue weighted by molar-refractivity contribution is -0.140. The van der Waals surface area contributed by atoms with E-state index < -0.39 is 16.2 Å². The second-order valence-electron chi connectivity index (χ2n) is 3.82. The van der Waals surface area contributed by atoms with Gasteiger partial charge in [-0.2, -0.15) is 12.7 Å². The maximum Gasteiger partial charge on any atom is 0.306 e. The second-order valence-corrected chi connectivity index (χ2v) is 5.59. The van der Waals surface area contributed by atoms with Gasteiger partial charge in [0.05, 0.1) is 20.6 Å². The van der Waals surface area contributed by atoms with Crippen molar-refractivity contribution in [3.05, 3.63) is 18.3 Å². The van der Waals surface area contributed by atoms with E-state index >= 15 is 0 Å². The molecule has 0 aliphatic rings. The fourth-order valence-corrected chi connectivity index (χ4v) is 2.24. The maximum absolute atomic E-state index is 12.0. The topological polar surface area (TPSA) is 97.8 Å². The number of nitrogens with one attached hydrogen (secondary N) is 1. The van der Waals surface area contributed by atoms with Gasteiger partial charge in [-0.3, -0.25) is 9.52 Å². The highest BCUT2D eigenvalue weighted by Crippen LogP contribution is 2.21. The molecule has 0 saturated carbocycles. The minimum atomic E-state index is -3.79. The number of rotatable bonds is 7. The molecule has 0 radical (unpaired) electrons. The Morgan fingerprint density at radius 1 is 1.45 bits per heavy atom. The lowest BCUT2D eigenvalue weighted by Crippen LogP contribution is -2.34. The highest BCUT2D eigenvalue weighted by atomic mass is 32.2. The molecule has 1 aromatic rings. The van der Waals surface area contributed by atoms with Gasteiger partial charge in [0, 0.05) is 19.8 Å². The van der Waals surface area contributed by atoms with E-state index in [-0.39, 0.29) is 24.5 Å². The van der Waals surface area contributed by atoms with Crippen molar-refractivity contribution in [1.29, 1.82) is 0 Å². The largest absolute Gasteiger partial charge is 0.480 e. The third kappa shape index (κ3) is 4.35. The van der Waals surface area contributed by atoms with Gasteiger partial charge >= 0.3 is 16.2 Å². The van der Waals surface area contributed by atoms with Crippen LogP contribution in [0, 0.1) is 0 Å². The third-order valence-electron chi connectivity index (χ3n) is 2.47. The van der Waals surface area contributed by atoms with Crippen LogP contribution in [0.1, 0.15) is 6.42 Å². The lowest BCUT2D eigenvalue weighted by atomic mass is 10.4. The summed E-state index contributed by atoms with van der Waals surface area (Å²) in [5.74, 6) is -0.316. The number of ether oxygens (including phenoxy) is 2. The van der Waals surface area contributed by atoms with Crippen molar-refractivity contribution < 1.29 is 22.7 Å². The Balaban J connectivity index is 2.76. The monoisotopic (exact) mass is 303 g/mol. The predicted octanol–water partition coefficient (Wildman–Crippen LogP) is 0.242. The van der Waals surface area contributed by atoms with Crippen LogP contribution in [0.3, 0.4) is 0 Å². The number of hydrogen-bond donors (Lipinski definition) is 1. The number of esters is 1. The number of hydrogen-bond acceptors (Lipinski definition) is 6. The van der Waals surface area contributed by atoms with Crippen LogP contribution >= 0.6 is 0 Å². The minimum Gasteiger partial charge on any atom is -0.480 e. The van der Waals surface area contributed by atoms with Crippen molar-refractivity contribution in [3.63, 3.8) is 0 Å². The summed E-state index contributed by atoms with van der Waals surface area (Å²) in [6.07, 6.45) is 1.45. The Bertz CT molecular complexity index is 561.